The molecule has 1 aromatic heterocycles. The third-order valence-electron chi connectivity index (χ3n) is 3.68. The first-order chi connectivity index (χ1) is 9.33. The zero-order chi connectivity index (χ0) is 13.1. The molecule has 0 radical (unpaired) electrons. The highest BCUT2D eigenvalue weighted by Gasteiger charge is 2.30. The summed E-state index contributed by atoms with van der Waals surface area (Å²) in [6.45, 7) is 2.68. The van der Waals surface area contributed by atoms with Crippen molar-refractivity contribution >= 4 is 0 Å². The van der Waals surface area contributed by atoms with E-state index in [2.05, 4.69) is 16.0 Å². The minimum absolute atomic E-state index is 0.397. The van der Waals surface area contributed by atoms with Crippen molar-refractivity contribution in [2.75, 3.05) is 19.6 Å². The van der Waals surface area contributed by atoms with Crippen LogP contribution in [0.4, 0.5) is 0 Å². The fraction of sp³-hybridized carbons (Fsp3) is 0.312. The third kappa shape index (κ3) is 2.83. The second kappa shape index (κ2) is 5.51. The smallest absolute Gasteiger partial charge is 0.0916 e. The molecule has 1 aromatic carbocycles. The van der Waals surface area contributed by atoms with Gasteiger partial charge in [0.25, 0.3) is 0 Å². The van der Waals surface area contributed by atoms with E-state index in [1.807, 2.05) is 48.7 Å². The number of rotatable bonds is 4. The van der Waals surface area contributed by atoms with E-state index in [0.29, 0.717) is 12.5 Å². The molecule has 98 valence electrons. The number of nitrogens with zero attached hydrogens (tertiary/aromatic N) is 2. The van der Waals surface area contributed by atoms with Gasteiger partial charge in [-0.1, -0.05) is 36.4 Å². The molecular weight excluding hydrogens is 236 g/mol. The molecule has 3 heteroatoms. The SMILES string of the molecule is OC(CN1CC(c2ccccn2)C1)c1ccccc1. The van der Waals surface area contributed by atoms with Crippen LogP contribution in [-0.2, 0) is 0 Å². The number of benzene rings is 1. The summed E-state index contributed by atoms with van der Waals surface area (Å²) in [6, 6.07) is 15.9. The van der Waals surface area contributed by atoms with Gasteiger partial charge in [0, 0.05) is 37.4 Å². The van der Waals surface area contributed by atoms with Gasteiger partial charge in [-0.3, -0.25) is 9.88 Å². The maximum Gasteiger partial charge on any atom is 0.0916 e. The molecule has 1 aliphatic rings. The van der Waals surface area contributed by atoms with E-state index in [4.69, 9.17) is 0 Å². The van der Waals surface area contributed by atoms with Crippen LogP contribution in [0.2, 0.25) is 0 Å². The van der Waals surface area contributed by atoms with Gasteiger partial charge < -0.3 is 5.11 Å². The van der Waals surface area contributed by atoms with Gasteiger partial charge in [-0.05, 0) is 17.7 Å². The minimum Gasteiger partial charge on any atom is -0.387 e. The Morgan fingerprint density at radius 3 is 2.53 bits per heavy atom. The molecule has 1 saturated heterocycles. The first kappa shape index (κ1) is 12.3. The summed E-state index contributed by atoms with van der Waals surface area (Å²) < 4.78 is 0. The lowest BCUT2D eigenvalue weighted by molar-refractivity contribution is 0.0635. The number of aliphatic hydroxyl groups is 1. The van der Waals surface area contributed by atoms with Gasteiger partial charge in [0.05, 0.1) is 6.10 Å². The van der Waals surface area contributed by atoms with E-state index in [-0.39, 0.29) is 0 Å². The number of aliphatic hydroxyl groups excluding tert-OH is 1. The Labute approximate surface area is 113 Å². The second-order valence-corrected chi connectivity index (χ2v) is 5.10. The molecule has 3 rings (SSSR count). The molecule has 1 unspecified atom stereocenters. The van der Waals surface area contributed by atoms with Crippen molar-refractivity contribution in [2.45, 2.75) is 12.0 Å². The van der Waals surface area contributed by atoms with Crippen LogP contribution in [0.15, 0.2) is 54.7 Å². The average Bonchev–Trinajstić information content (AvgIpc) is 2.44. The lowest BCUT2D eigenvalue weighted by Gasteiger charge is -2.40. The molecule has 1 N–H and O–H groups in total. The van der Waals surface area contributed by atoms with Gasteiger partial charge in [0.1, 0.15) is 0 Å². The van der Waals surface area contributed by atoms with Crippen LogP contribution in [0.1, 0.15) is 23.3 Å². The average molecular weight is 254 g/mol. The van der Waals surface area contributed by atoms with Crippen molar-refractivity contribution in [2.24, 2.45) is 0 Å². The summed E-state index contributed by atoms with van der Waals surface area (Å²) in [5.74, 6) is 0.518. The van der Waals surface area contributed by atoms with Gasteiger partial charge >= 0.3 is 0 Å². The zero-order valence-electron chi connectivity index (χ0n) is 10.8. The van der Waals surface area contributed by atoms with Crippen molar-refractivity contribution in [3.8, 4) is 0 Å². The highest BCUT2D eigenvalue weighted by Crippen LogP contribution is 2.27. The van der Waals surface area contributed by atoms with E-state index >= 15 is 0 Å². The lowest BCUT2D eigenvalue weighted by atomic mass is 9.94. The molecule has 2 aromatic rings. The quantitative estimate of drug-likeness (QED) is 0.909. The maximum atomic E-state index is 10.2. The van der Waals surface area contributed by atoms with E-state index in [9.17, 15) is 5.11 Å². The van der Waals surface area contributed by atoms with Gasteiger partial charge in [-0.15, -0.1) is 0 Å². The van der Waals surface area contributed by atoms with Crippen LogP contribution in [0.5, 0.6) is 0 Å². The predicted molar refractivity (Wildman–Crippen MR) is 74.8 cm³/mol. The monoisotopic (exact) mass is 254 g/mol. The van der Waals surface area contributed by atoms with E-state index < -0.39 is 6.10 Å². The van der Waals surface area contributed by atoms with Gasteiger partial charge in [-0.2, -0.15) is 0 Å². The molecule has 0 saturated carbocycles. The normalized spacial score (nSPS) is 17.9. The van der Waals surface area contributed by atoms with Crippen molar-refractivity contribution in [3.05, 3.63) is 66.0 Å². The highest BCUT2D eigenvalue weighted by molar-refractivity contribution is 5.19. The number of hydrogen-bond acceptors (Lipinski definition) is 3. The molecule has 3 nitrogen and oxygen atoms in total. The molecule has 1 atom stereocenters. The lowest BCUT2D eigenvalue weighted by Crippen LogP contribution is -2.46. The van der Waals surface area contributed by atoms with Crippen molar-refractivity contribution in [1.82, 2.24) is 9.88 Å². The summed E-state index contributed by atoms with van der Waals surface area (Å²) >= 11 is 0. The molecule has 0 bridgehead atoms. The maximum absolute atomic E-state index is 10.2. The van der Waals surface area contributed by atoms with Crippen molar-refractivity contribution < 1.29 is 5.11 Å². The van der Waals surface area contributed by atoms with Crippen LogP contribution in [0.3, 0.4) is 0 Å². The van der Waals surface area contributed by atoms with Crippen LogP contribution < -0.4 is 0 Å². The highest BCUT2D eigenvalue weighted by atomic mass is 16.3. The molecule has 0 spiro atoms. The summed E-state index contributed by atoms with van der Waals surface area (Å²) in [5, 5.41) is 10.2. The molecule has 19 heavy (non-hydrogen) atoms. The first-order valence-corrected chi connectivity index (χ1v) is 6.69. The molecule has 0 amide bonds. The Kier molecular flexibility index (Phi) is 3.58. The van der Waals surface area contributed by atoms with Gasteiger partial charge in [0.2, 0.25) is 0 Å². The largest absolute Gasteiger partial charge is 0.387 e. The Morgan fingerprint density at radius 1 is 1.11 bits per heavy atom. The van der Waals surface area contributed by atoms with Crippen LogP contribution in [0.25, 0.3) is 0 Å². The Morgan fingerprint density at radius 2 is 1.84 bits per heavy atom. The topological polar surface area (TPSA) is 36.4 Å². The molecule has 2 heterocycles. The summed E-state index contributed by atoms with van der Waals surface area (Å²) in [6.07, 6.45) is 1.45. The van der Waals surface area contributed by atoms with Crippen LogP contribution in [0, 0.1) is 0 Å². The molecule has 0 aliphatic carbocycles. The summed E-state index contributed by atoms with van der Waals surface area (Å²) in [7, 11) is 0. The third-order valence-corrected chi connectivity index (χ3v) is 3.68. The Hall–Kier alpha value is -1.71. The fourth-order valence-corrected chi connectivity index (χ4v) is 2.55. The number of aromatic nitrogens is 1. The Balaban J connectivity index is 1.52. The first-order valence-electron chi connectivity index (χ1n) is 6.69. The van der Waals surface area contributed by atoms with E-state index in [1.165, 1.54) is 0 Å². The van der Waals surface area contributed by atoms with E-state index in [1.54, 1.807) is 0 Å². The minimum atomic E-state index is -0.397. The van der Waals surface area contributed by atoms with Gasteiger partial charge in [-0.25, -0.2) is 0 Å². The predicted octanol–water partition coefficient (Wildman–Crippen LogP) is 2.21. The van der Waals surface area contributed by atoms with E-state index in [0.717, 1.165) is 24.3 Å². The summed E-state index contributed by atoms with van der Waals surface area (Å²) in [5.41, 5.74) is 2.15. The molecule has 1 fully saturated rings. The number of hydrogen-bond donors (Lipinski definition) is 1. The summed E-state index contributed by atoms with van der Waals surface area (Å²) in [4.78, 5) is 6.66. The molecular formula is C16H18N2O. The molecule has 1 aliphatic heterocycles. The van der Waals surface area contributed by atoms with Gasteiger partial charge in [0.15, 0.2) is 0 Å². The number of β-amino-alcohol motifs (C(OH)–C–C–N with tert-alkyl or cyclic N) is 1. The number of pyridine rings is 1. The van der Waals surface area contributed by atoms with Crippen molar-refractivity contribution in [1.29, 1.82) is 0 Å². The van der Waals surface area contributed by atoms with Crippen molar-refractivity contribution in [3.63, 3.8) is 0 Å². The van der Waals surface area contributed by atoms with Crippen LogP contribution in [-0.4, -0.2) is 34.6 Å². The fourth-order valence-electron chi connectivity index (χ4n) is 2.55. The standard InChI is InChI=1S/C16H18N2O/c19-16(13-6-2-1-3-7-13)12-18-10-14(11-18)15-8-4-5-9-17-15/h1-9,14,16,19H,10-12H2. The number of likely N-dealkylation sites (tertiary alicyclic amines) is 1. The van der Waals surface area contributed by atoms with Crippen LogP contribution >= 0.6 is 0 Å². The zero-order valence-corrected chi connectivity index (χ0v) is 10.8. The second-order valence-electron chi connectivity index (χ2n) is 5.10. The Bertz CT molecular complexity index is 509.